The number of nitrogens with zero attached hydrogens (tertiary/aromatic N) is 3. The predicted octanol–water partition coefficient (Wildman–Crippen LogP) is 17.4. The number of anilines is 8. The van der Waals surface area contributed by atoms with E-state index < -0.39 is 0 Å². The number of hydrogen-bond donors (Lipinski definition) is 0. The third-order valence-corrected chi connectivity index (χ3v) is 18.0. The van der Waals surface area contributed by atoms with Gasteiger partial charge in [-0.05, 0) is 151 Å². The van der Waals surface area contributed by atoms with Crippen molar-refractivity contribution >= 4 is 68.6 Å². The molecule has 1 aliphatic carbocycles. The van der Waals surface area contributed by atoms with E-state index in [2.05, 4.69) is 281 Å². The largest absolute Gasteiger partial charge is 0.334 e. The van der Waals surface area contributed by atoms with E-state index in [1.165, 1.54) is 119 Å². The number of rotatable bonds is 5. The molecule has 0 amide bonds. The van der Waals surface area contributed by atoms with Crippen LogP contribution in [0.4, 0.5) is 45.5 Å². The van der Waals surface area contributed by atoms with Crippen molar-refractivity contribution in [3.63, 3.8) is 0 Å². The molecule has 0 bridgehead atoms. The van der Waals surface area contributed by atoms with Crippen LogP contribution in [0, 0.1) is 0 Å². The molecule has 0 spiro atoms. The maximum absolute atomic E-state index is 2.84. The van der Waals surface area contributed by atoms with Gasteiger partial charge < -0.3 is 14.7 Å². The maximum Gasteiger partial charge on any atom is 0.252 e. The van der Waals surface area contributed by atoms with Gasteiger partial charge in [-0.3, -0.25) is 0 Å². The van der Waals surface area contributed by atoms with Gasteiger partial charge in [-0.2, -0.15) is 0 Å². The van der Waals surface area contributed by atoms with Crippen molar-refractivity contribution < 1.29 is 0 Å². The normalized spacial score (nSPS) is 19.1. The monoisotopic (exact) mass is 982 g/mol. The van der Waals surface area contributed by atoms with Crippen LogP contribution < -0.4 is 31.1 Å². The van der Waals surface area contributed by atoms with E-state index in [0.717, 1.165) is 12.8 Å². The molecule has 0 aromatic heterocycles. The molecule has 4 aliphatic rings. The molecule has 0 N–H and O–H groups in total. The van der Waals surface area contributed by atoms with Gasteiger partial charge in [-0.15, -0.1) is 0 Å². The predicted molar refractivity (Wildman–Crippen MR) is 323 cm³/mol. The molecule has 3 nitrogen and oxygen atoms in total. The Labute approximate surface area is 449 Å². The molecule has 1 saturated carbocycles. The second-order valence-electron chi connectivity index (χ2n) is 26.8. The highest BCUT2D eigenvalue weighted by Gasteiger charge is 2.61. The van der Waals surface area contributed by atoms with Crippen LogP contribution in [0.25, 0.3) is 11.1 Å². The molecule has 378 valence electrons. The molecule has 75 heavy (non-hydrogen) atoms. The van der Waals surface area contributed by atoms with E-state index >= 15 is 0 Å². The van der Waals surface area contributed by atoms with Crippen molar-refractivity contribution in [2.45, 2.75) is 148 Å². The number of para-hydroxylation sites is 1. The summed E-state index contributed by atoms with van der Waals surface area (Å²) in [6.07, 6.45) is 4.54. The van der Waals surface area contributed by atoms with E-state index in [4.69, 9.17) is 0 Å². The van der Waals surface area contributed by atoms with Crippen molar-refractivity contribution in [2.75, 3.05) is 14.7 Å². The van der Waals surface area contributed by atoms with Gasteiger partial charge in [0.2, 0.25) is 0 Å². The SMILES string of the molecule is CC(C)(C)c1cccc(N2c3cc(C(C)(C)C)ccc3B3c4ccccc4N(c4ccc(C(C)(C)C)cc4-c4ccccc4)c4cc(N5c6ccc(C(C)(C)C)cc6C6(c7ccccc7)CCCCC56C)cc2c43)c1. The molecule has 2 unspecified atom stereocenters. The first-order valence-electron chi connectivity index (χ1n) is 27.9. The lowest BCUT2D eigenvalue weighted by atomic mass is 9.33. The lowest BCUT2D eigenvalue weighted by Crippen LogP contribution is -2.61. The molecular weight excluding hydrogens is 906 g/mol. The fourth-order valence-electron chi connectivity index (χ4n) is 13.9. The topological polar surface area (TPSA) is 9.72 Å². The summed E-state index contributed by atoms with van der Waals surface area (Å²) in [6, 6.07) is 69.0. The van der Waals surface area contributed by atoms with Gasteiger partial charge in [0.1, 0.15) is 0 Å². The molecule has 8 aromatic rings. The number of hydrogen-bond acceptors (Lipinski definition) is 3. The second kappa shape index (κ2) is 17.1. The Kier molecular flexibility index (Phi) is 11.2. The van der Waals surface area contributed by atoms with Crippen LogP contribution in [0.1, 0.15) is 149 Å². The lowest BCUT2D eigenvalue weighted by molar-refractivity contribution is 0.215. The summed E-state index contributed by atoms with van der Waals surface area (Å²) in [5.74, 6) is 0. The zero-order chi connectivity index (χ0) is 52.6. The van der Waals surface area contributed by atoms with E-state index in [-0.39, 0.29) is 39.3 Å². The van der Waals surface area contributed by atoms with Crippen molar-refractivity contribution in [1.82, 2.24) is 0 Å². The van der Waals surface area contributed by atoms with Crippen LogP contribution in [0.5, 0.6) is 0 Å². The average molecular weight is 982 g/mol. The van der Waals surface area contributed by atoms with E-state index in [1.54, 1.807) is 0 Å². The van der Waals surface area contributed by atoms with E-state index in [9.17, 15) is 0 Å². The molecule has 0 radical (unpaired) electrons. The third kappa shape index (κ3) is 7.66. The lowest BCUT2D eigenvalue weighted by Gasteiger charge is -2.53. The Hall–Kier alpha value is -6.78. The highest BCUT2D eigenvalue weighted by Crippen LogP contribution is 2.65. The summed E-state index contributed by atoms with van der Waals surface area (Å²) >= 11 is 0. The van der Waals surface area contributed by atoms with Crippen molar-refractivity contribution in [2.24, 2.45) is 0 Å². The summed E-state index contributed by atoms with van der Waals surface area (Å²) in [7, 11) is 0. The summed E-state index contributed by atoms with van der Waals surface area (Å²) in [5, 5.41) is 0. The minimum absolute atomic E-state index is 0.00882. The standard InChI is InChI=1S/C71H76BN3/c1-66(2,3)49-29-24-30-53(41-49)73-62-44-52(69(10,11)12)33-36-58(62)72-57-31-20-21-32-61(57)74(59-37-34-50(67(4,5)6)42-55(59)47-25-16-14-17-26-47)64-46-54(45-63(73)65(64)72)75-60-38-35-51(68(7,8)9)43-56(60)71(48-27-18-15-19-28-48)40-23-22-39-70(71,75)13/h14-21,24-38,41-46H,22-23,39-40H2,1-13H3. The van der Waals surface area contributed by atoms with Crippen LogP contribution in [0.3, 0.4) is 0 Å². The molecule has 8 aromatic carbocycles. The fourth-order valence-corrected chi connectivity index (χ4v) is 13.9. The molecule has 3 heterocycles. The van der Waals surface area contributed by atoms with Gasteiger partial charge in [-0.1, -0.05) is 217 Å². The average Bonchev–Trinajstić information content (AvgIpc) is 3.89. The summed E-state index contributed by atoms with van der Waals surface area (Å²) in [4.78, 5) is 8.17. The quantitative estimate of drug-likeness (QED) is 0.159. The van der Waals surface area contributed by atoms with Gasteiger partial charge in [0.15, 0.2) is 0 Å². The molecular formula is C71H76BN3. The Balaban J connectivity index is 1.23. The smallest absolute Gasteiger partial charge is 0.252 e. The van der Waals surface area contributed by atoms with Gasteiger partial charge in [0.05, 0.1) is 11.2 Å². The van der Waals surface area contributed by atoms with Gasteiger partial charge >= 0.3 is 0 Å². The summed E-state index contributed by atoms with van der Waals surface area (Å²) < 4.78 is 0. The second-order valence-corrected chi connectivity index (χ2v) is 26.8. The van der Waals surface area contributed by atoms with Crippen LogP contribution in [0.15, 0.2) is 176 Å². The first kappa shape index (κ1) is 49.1. The molecule has 3 aliphatic heterocycles. The Bertz CT molecular complexity index is 3530. The fraction of sp³-hybridized carbons (Fsp3) is 0.324. The van der Waals surface area contributed by atoms with Crippen LogP contribution in [-0.2, 0) is 27.1 Å². The van der Waals surface area contributed by atoms with Crippen molar-refractivity contribution in [3.8, 4) is 11.1 Å². The highest BCUT2D eigenvalue weighted by molar-refractivity contribution is 7.00. The molecule has 0 saturated heterocycles. The van der Waals surface area contributed by atoms with Crippen LogP contribution in [-0.4, -0.2) is 12.3 Å². The van der Waals surface area contributed by atoms with Gasteiger partial charge in [0.25, 0.3) is 6.71 Å². The minimum atomic E-state index is -0.282. The molecule has 12 rings (SSSR count). The molecule has 4 heteroatoms. The Morgan fingerprint density at radius 3 is 1.63 bits per heavy atom. The van der Waals surface area contributed by atoms with Gasteiger partial charge in [0, 0.05) is 50.8 Å². The third-order valence-electron chi connectivity index (χ3n) is 18.0. The zero-order valence-corrected chi connectivity index (χ0v) is 47.0. The van der Waals surface area contributed by atoms with Crippen molar-refractivity contribution in [3.05, 3.63) is 209 Å². The molecule has 2 atom stereocenters. The number of benzene rings is 8. The van der Waals surface area contributed by atoms with Gasteiger partial charge in [-0.25, -0.2) is 0 Å². The first-order chi connectivity index (χ1) is 35.6. The number of fused-ring (bicyclic) bond motifs is 7. The van der Waals surface area contributed by atoms with Crippen LogP contribution in [0.2, 0.25) is 0 Å². The Morgan fingerprint density at radius 2 is 0.947 bits per heavy atom. The zero-order valence-electron chi connectivity index (χ0n) is 47.0. The van der Waals surface area contributed by atoms with E-state index in [1.807, 2.05) is 0 Å². The van der Waals surface area contributed by atoms with Crippen molar-refractivity contribution in [1.29, 1.82) is 0 Å². The Morgan fingerprint density at radius 1 is 0.400 bits per heavy atom. The van der Waals surface area contributed by atoms with Crippen LogP contribution >= 0.6 is 0 Å². The maximum atomic E-state index is 2.84. The minimum Gasteiger partial charge on any atom is -0.334 e. The van der Waals surface area contributed by atoms with E-state index in [0.29, 0.717) is 0 Å². The highest BCUT2D eigenvalue weighted by atomic mass is 15.3. The summed E-state index contributed by atoms with van der Waals surface area (Å²) in [5.41, 5.74) is 24.0. The summed E-state index contributed by atoms with van der Waals surface area (Å²) in [6.45, 7) is 30.8. The first-order valence-corrected chi connectivity index (χ1v) is 27.9. The molecule has 1 fully saturated rings.